The van der Waals surface area contributed by atoms with Crippen LogP contribution in [0.15, 0.2) is 48.5 Å². The molecule has 0 bridgehead atoms. The fourth-order valence-corrected chi connectivity index (χ4v) is 4.62. The van der Waals surface area contributed by atoms with Gasteiger partial charge in [-0.1, -0.05) is 47.2 Å². The lowest BCUT2D eigenvalue weighted by molar-refractivity contribution is -0.120. The highest BCUT2D eigenvalue weighted by Crippen LogP contribution is 2.28. The number of ether oxygens (including phenoxy) is 1. The highest BCUT2D eigenvalue weighted by atomic mass is 35.5. The van der Waals surface area contributed by atoms with Gasteiger partial charge in [-0.2, -0.15) is 0 Å². The maximum atomic E-state index is 12.7. The van der Waals surface area contributed by atoms with Gasteiger partial charge in [-0.3, -0.25) is 4.79 Å². The number of halogens is 1. The molecule has 30 heavy (non-hydrogen) atoms. The summed E-state index contributed by atoms with van der Waals surface area (Å²) < 4.78 is 5.39. The molecule has 2 aromatic carbocycles. The number of anilines is 2. The van der Waals surface area contributed by atoms with Crippen molar-refractivity contribution in [3.8, 4) is 5.75 Å². The Morgan fingerprint density at radius 1 is 1.20 bits per heavy atom. The van der Waals surface area contributed by atoms with Crippen LogP contribution < -0.4 is 15.0 Å². The number of piperidine rings is 1. The Kier molecular flexibility index (Phi) is 6.50. The van der Waals surface area contributed by atoms with Crippen molar-refractivity contribution >= 4 is 39.7 Å². The summed E-state index contributed by atoms with van der Waals surface area (Å²) in [5.41, 5.74) is 2.15. The first-order valence-corrected chi connectivity index (χ1v) is 11.1. The number of aromatic nitrogens is 2. The van der Waals surface area contributed by atoms with Crippen LogP contribution >= 0.6 is 22.9 Å². The number of carbonyl (C=O) groups excluding carboxylic acids is 1. The second-order valence-corrected chi connectivity index (χ2v) is 8.72. The molecule has 1 saturated heterocycles. The van der Waals surface area contributed by atoms with Crippen molar-refractivity contribution in [3.63, 3.8) is 0 Å². The van der Waals surface area contributed by atoms with E-state index in [-0.39, 0.29) is 11.8 Å². The monoisotopic (exact) mass is 442 g/mol. The number of amides is 1. The van der Waals surface area contributed by atoms with E-state index < -0.39 is 0 Å². The van der Waals surface area contributed by atoms with Gasteiger partial charge in [-0.25, -0.2) is 0 Å². The van der Waals surface area contributed by atoms with Gasteiger partial charge in [0, 0.05) is 41.7 Å². The van der Waals surface area contributed by atoms with Gasteiger partial charge in [0.2, 0.25) is 11.0 Å². The van der Waals surface area contributed by atoms with Crippen LogP contribution in [0.3, 0.4) is 0 Å². The fourth-order valence-electron chi connectivity index (χ4n) is 3.67. The molecule has 1 fully saturated rings. The molecule has 0 spiro atoms. The largest absolute Gasteiger partial charge is 0.496 e. The van der Waals surface area contributed by atoms with Crippen molar-refractivity contribution in [3.05, 3.63) is 64.1 Å². The lowest BCUT2D eigenvalue weighted by atomic mass is 9.95. The Bertz CT molecular complexity index is 1020. The SMILES string of the molecule is COc1ccccc1Cc1nnc(NC(=O)C2CCN(c3cccc(Cl)c3)CC2)s1. The molecular weight excluding hydrogens is 420 g/mol. The van der Waals surface area contributed by atoms with E-state index in [1.54, 1.807) is 7.11 Å². The Hall–Kier alpha value is -2.64. The predicted molar refractivity (Wildman–Crippen MR) is 121 cm³/mol. The van der Waals surface area contributed by atoms with Crippen LogP contribution in [0, 0.1) is 5.92 Å². The third-order valence-electron chi connectivity index (χ3n) is 5.27. The number of carbonyl (C=O) groups is 1. The summed E-state index contributed by atoms with van der Waals surface area (Å²) in [5, 5.41) is 13.4. The van der Waals surface area contributed by atoms with Gasteiger partial charge >= 0.3 is 0 Å². The van der Waals surface area contributed by atoms with E-state index in [1.807, 2.05) is 42.5 Å². The number of benzene rings is 2. The van der Waals surface area contributed by atoms with E-state index >= 15 is 0 Å². The predicted octanol–water partition coefficient (Wildman–Crippen LogP) is 4.65. The molecule has 1 amide bonds. The Balaban J connectivity index is 1.32. The number of nitrogens with one attached hydrogen (secondary N) is 1. The first-order valence-electron chi connectivity index (χ1n) is 9.88. The van der Waals surface area contributed by atoms with Crippen LogP contribution in [-0.2, 0) is 11.2 Å². The van der Waals surface area contributed by atoms with Gasteiger partial charge < -0.3 is 15.0 Å². The first kappa shape index (κ1) is 20.6. The van der Waals surface area contributed by atoms with Gasteiger partial charge in [0.25, 0.3) is 0 Å². The summed E-state index contributed by atoms with van der Waals surface area (Å²) in [5.74, 6) is 0.812. The minimum Gasteiger partial charge on any atom is -0.496 e. The van der Waals surface area contributed by atoms with E-state index in [0.29, 0.717) is 11.6 Å². The summed E-state index contributed by atoms with van der Waals surface area (Å²) in [7, 11) is 1.66. The second kappa shape index (κ2) is 9.45. The van der Waals surface area contributed by atoms with Crippen molar-refractivity contribution in [2.75, 3.05) is 30.4 Å². The quantitative estimate of drug-likeness (QED) is 0.602. The van der Waals surface area contributed by atoms with Crippen molar-refractivity contribution in [2.45, 2.75) is 19.3 Å². The molecule has 3 aromatic rings. The van der Waals surface area contributed by atoms with E-state index in [0.717, 1.165) is 53.0 Å². The van der Waals surface area contributed by atoms with E-state index in [2.05, 4.69) is 26.5 Å². The summed E-state index contributed by atoms with van der Waals surface area (Å²) >= 11 is 7.50. The molecule has 0 atom stereocenters. The fraction of sp³-hybridized carbons (Fsp3) is 0.318. The van der Waals surface area contributed by atoms with Crippen LogP contribution in [0.5, 0.6) is 5.75 Å². The van der Waals surface area contributed by atoms with Crippen LogP contribution in [-0.4, -0.2) is 36.3 Å². The van der Waals surface area contributed by atoms with Gasteiger partial charge in [0.15, 0.2) is 0 Å². The molecule has 156 valence electrons. The minimum absolute atomic E-state index is 0.0146. The van der Waals surface area contributed by atoms with Crippen LogP contribution in [0.4, 0.5) is 10.8 Å². The van der Waals surface area contributed by atoms with Crippen LogP contribution in [0.25, 0.3) is 0 Å². The van der Waals surface area contributed by atoms with Crippen LogP contribution in [0.1, 0.15) is 23.4 Å². The van der Waals surface area contributed by atoms with E-state index in [9.17, 15) is 4.79 Å². The molecule has 1 aliphatic heterocycles. The number of methoxy groups -OCH3 is 1. The highest BCUT2D eigenvalue weighted by molar-refractivity contribution is 7.15. The number of hydrogen-bond donors (Lipinski definition) is 1. The number of nitrogens with zero attached hydrogens (tertiary/aromatic N) is 3. The maximum absolute atomic E-state index is 12.7. The number of rotatable bonds is 6. The zero-order chi connectivity index (χ0) is 20.9. The van der Waals surface area contributed by atoms with Crippen molar-refractivity contribution in [2.24, 2.45) is 5.92 Å². The van der Waals surface area contributed by atoms with Gasteiger partial charge in [-0.15, -0.1) is 10.2 Å². The first-order chi connectivity index (χ1) is 14.6. The lowest BCUT2D eigenvalue weighted by Gasteiger charge is -2.32. The zero-order valence-corrected chi connectivity index (χ0v) is 18.2. The Morgan fingerprint density at radius 2 is 2.00 bits per heavy atom. The van der Waals surface area contributed by atoms with Gasteiger partial charge in [-0.05, 0) is 37.1 Å². The Morgan fingerprint density at radius 3 is 2.77 bits per heavy atom. The third kappa shape index (κ3) is 4.91. The average molecular weight is 443 g/mol. The summed E-state index contributed by atoms with van der Waals surface area (Å²) in [6, 6.07) is 15.7. The Labute approximate surface area is 184 Å². The molecule has 0 radical (unpaired) electrons. The van der Waals surface area contributed by atoms with Crippen LogP contribution in [0.2, 0.25) is 5.02 Å². The van der Waals surface area contributed by atoms with Crippen molar-refractivity contribution in [1.82, 2.24) is 10.2 Å². The summed E-state index contributed by atoms with van der Waals surface area (Å²) in [4.78, 5) is 15.0. The number of para-hydroxylation sites is 1. The molecule has 6 nitrogen and oxygen atoms in total. The lowest BCUT2D eigenvalue weighted by Crippen LogP contribution is -2.38. The topological polar surface area (TPSA) is 67.4 Å². The molecule has 1 aliphatic rings. The molecule has 8 heteroatoms. The molecule has 4 rings (SSSR count). The van der Waals surface area contributed by atoms with Gasteiger partial charge in [0.05, 0.1) is 7.11 Å². The molecule has 2 heterocycles. The molecule has 0 unspecified atom stereocenters. The summed E-state index contributed by atoms with van der Waals surface area (Å²) in [6.45, 7) is 1.65. The van der Waals surface area contributed by atoms with E-state index in [4.69, 9.17) is 16.3 Å². The van der Waals surface area contributed by atoms with E-state index in [1.165, 1.54) is 11.3 Å². The highest BCUT2D eigenvalue weighted by Gasteiger charge is 2.26. The zero-order valence-electron chi connectivity index (χ0n) is 16.7. The maximum Gasteiger partial charge on any atom is 0.229 e. The normalized spacial score (nSPS) is 14.5. The second-order valence-electron chi connectivity index (χ2n) is 7.22. The standard InChI is InChI=1S/C22H23ClN4O2S/c1-29-19-8-3-2-5-16(19)13-20-25-26-22(30-20)24-21(28)15-9-11-27(12-10-15)18-7-4-6-17(23)14-18/h2-8,14-15H,9-13H2,1H3,(H,24,26,28). The molecule has 0 aliphatic carbocycles. The van der Waals surface area contributed by atoms with Crippen molar-refractivity contribution in [1.29, 1.82) is 0 Å². The summed E-state index contributed by atoms with van der Waals surface area (Å²) in [6.07, 6.45) is 2.21. The van der Waals surface area contributed by atoms with Gasteiger partial charge in [0.1, 0.15) is 10.8 Å². The smallest absolute Gasteiger partial charge is 0.229 e. The minimum atomic E-state index is -0.0259. The average Bonchev–Trinajstić information content (AvgIpc) is 3.21. The molecular formula is C22H23ClN4O2S. The number of hydrogen-bond acceptors (Lipinski definition) is 6. The van der Waals surface area contributed by atoms with Crippen molar-refractivity contribution < 1.29 is 9.53 Å². The molecule has 0 saturated carbocycles. The molecule has 1 N–H and O–H groups in total. The molecule has 1 aromatic heterocycles. The third-order valence-corrected chi connectivity index (χ3v) is 6.34.